The van der Waals surface area contributed by atoms with E-state index >= 15 is 0 Å². The number of aromatic amines is 1. The van der Waals surface area contributed by atoms with E-state index in [9.17, 15) is 14.7 Å². The molecule has 1 aromatic rings. The minimum Gasteiger partial charge on any atom is -0.480 e. The molecule has 0 bridgehead atoms. The number of aryl methyl sites for hydroxylation is 2. The van der Waals surface area contributed by atoms with Crippen molar-refractivity contribution in [3.8, 4) is 0 Å². The van der Waals surface area contributed by atoms with Crippen LogP contribution in [0.5, 0.6) is 0 Å². The largest absolute Gasteiger partial charge is 0.480 e. The maximum absolute atomic E-state index is 12.0. The lowest BCUT2D eigenvalue weighted by atomic mass is 10.1. The van der Waals surface area contributed by atoms with Gasteiger partial charge in [0.05, 0.1) is 12.3 Å². The topological polar surface area (TPSA) is 119 Å². The predicted octanol–water partition coefficient (Wildman–Crippen LogP) is -0.120. The first-order chi connectivity index (χ1) is 9.99. The minimum atomic E-state index is -1.09. The maximum atomic E-state index is 12.0. The quantitative estimate of drug-likeness (QED) is 0.565. The Balaban J connectivity index is 1.76. The number of rotatable bonds is 5. The highest BCUT2D eigenvalue weighted by Crippen LogP contribution is 2.18. The number of carboxylic acid groups (broad SMARTS) is 1. The number of H-pyrrole nitrogens is 1. The molecular formula is C13H20N4O4. The number of carbonyl (C=O) groups is 2. The Morgan fingerprint density at radius 3 is 2.95 bits per heavy atom. The number of urea groups is 1. The van der Waals surface area contributed by atoms with E-state index in [1.807, 2.05) is 6.92 Å². The van der Waals surface area contributed by atoms with E-state index in [1.54, 1.807) is 6.20 Å². The SMILES string of the molecule is Cc1[nH]ncc1CCCNC(=O)N1CC(O)CC1C(=O)O. The van der Waals surface area contributed by atoms with Crippen LogP contribution in [0.25, 0.3) is 0 Å². The van der Waals surface area contributed by atoms with E-state index in [0.29, 0.717) is 6.54 Å². The Hall–Kier alpha value is -2.09. The van der Waals surface area contributed by atoms with Crippen molar-refractivity contribution in [1.82, 2.24) is 20.4 Å². The van der Waals surface area contributed by atoms with Crippen molar-refractivity contribution in [3.05, 3.63) is 17.5 Å². The normalized spacial score (nSPS) is 21.5. The number of aliphatic hydroxyl groups is 1. The third-order valence-corrected chi connectivity index (χ3v) is 3.66. The number of β-amino-alcohol motifs (C(OH)–C–C–N with tert-alkyl or cyclic N) is 1. The van der Waals surface area contributed by atoms with Crippen molar-refractivity contribution >= 4 is 12.0 Å². The molecule has 2 rings (SSSR count). The number of carbonyl (C=O) groups excluding carboxylic acids is 1. The zero-order valence-electron chi connectivity index (χ0n) is 11.9. The third-order valence-electron chi connectivity index (χ3n) is 3.66. The zero-order chi connectivity index (χ0) is 15.4. The first kappa shape index (κ1) is 15.3. The summed E-state index contributed by atoms with van der Waals surface area (Å²) in [5, 5.41) is 28.0. The molecule has 4 N–H and O–H groups in total. The molecule has 1 aliphatic rings. The molecule has 2 amide bonds. The lowest BCUT2D eigenvalue weighted by Gasteiger charge is -2.21. The first-order valence-electron chi connectivity index (χ1n) is 6.93. The van der Waals surface area contributed by atoms with Gasteiger partial charge in [-0.15, -0.1) is 0 Å². The number of nitrogens with zero attached hydrogens (tertiary/aromatic N) is 2. The van der Waals surface area contributed by atoms with Gasteiger partial charge in [-0.25, -0.2) is 9.59 Å². The van der Waals surface area contributed by atoms with Crippen LogP contribution in [0.1, 0.15) is 24.1 Å². The second-order valence-electron chi connectivity index (χ2n) is 5.25. The lowest BCUT2D eigenvalue weighted by Crippen LogP contribution is -2.46. The summed E-state index contributed by atoms with van der Waals surface area (Å²) in [6.07, 6.45) is 2.59. The van der Waals surface area contributed by atoms with Gasteiger partial charge in [-0.2, -0.15) is 5.10 Å². The van der Waals surface area contributed by atoms with Crippen LogP contribution in [-0.4, -0.2) is 62.5 Å². The number of aliphatic hydroxyl groups excluding tert-OH is 1. The minimum absolute atomic E-state index is 0.0592. The van der Waals surface area contributed by atoms with Crippen molar-refractivity contribution < 1.29 is 19.8 Å². The predicted molar refractivity (Wildman–Crippen MR) is 73.8 cm³/mol. The Morgan fingerprint density at radius 1 is 1.57 bits per heavy atom. The van der Waals surface area contributed by atoms with Gasteiger partial charge >= 0.3 is 12.0 Å². The van der Waals surface area contributed by atoms with Crippen molar-refractivity contribution in [1.29, 1.82) is 0 Å². The third kappa shape index (κ3) is 3.72. The van der Waals surface area contributed by atoms with Crippen molar-refractivity contribution in [2.45, 2.75) is 38.3 Å². The highest BCUT2D eigenvalue weighted by molar-refractivity contribution is 5.83. The van der Waals surface area contributed by atoms with Crippen molar-refractivity contribution in [3.63, 3.8) is 0 Å². The number of nitrogens with one attached hydrogen (secondary N) is 2. The number of carboxylic acids is 1. The van der Waals surface area contributed by atoms with Gasteiger partial charge in [0, 0.05) is 25.2 Å². The van der Waals surface area contributed by atoms with Gasteiger partial charge < -0.3 is 20.4 Å². The average molecular weight is 296 g/mol. The van der Waals surface area contributed by atoms with Gasteiger partial charge in [-0.05, 0) is 25.3 Å². The maximum Gasteiger partial charge on any atom is 0.326 e. The zero-order valence-corrected chi connectivity index (χ0v) is 11.9. The molecule has 2 unspecified atom stereocenters. The molecule has 2 heterocycles. The van der Waals surface area contributed by atoms with Gasteiger partial charge in [0.25, 0.3) is 0 Å². The molecule has 116 valence electrons. The highest BCUT2D eigenvalue weighted by atomic mass is 16.4. The average Bonchev–Trinajstić information content (AvgIpc) is 3.01. The van der Waals surface area contributed by atoms with Gasteiger partial charge in [0.1, 0.15) is 6.04 Å². The van der Waals surface area contributed by atoms with E-state index in [-0.39, 0.29) is 13.0 Å². The fraction of sp³-hybridized carbons (Fsp3) is 0.615. The first-order valence-corrected chi connectivity index (χ1v) is 6.93. The summed E-state index contributed by atoms with van der Waals surface area (Å²) in [6.45, 7) is 2.44. The Kier molecular flexibility index (Phi) is 4.79. The van der Waals surface area contributed by atoms with Crippen LogP contribution < -0.4 is 5.32 Å². The molecule has 0 saturated carbocycles. The fourth-order valence-electron chi connectivity index (χ4n) is 2.48. The van der Waals surface area contributed by atoms with Crippen LogP contribution in [-0.2, 0) is 11.2 Å². The molecule has 1 saturated heterocycles. The number of amides is 2. The summed E-state index contributed by atoms with van der Waals surface area (Å²) in [7, 11) is 0. The van der Waals surface area contributed by atoms with Crippen LogP contribution >= 0.6 is 0 Å². The number of likely N-dealkylation sites (tertiary alicyclic amines) is 1. The van der Waals surface area contributed by atoms with E-state index in [0.717, 1.165) is 24.1 Å². The van der Waals surface area contributed by atoms with E-state index < -0.39 is 24.1 Å². The summed E-state index contributed by atoms with van der Waals surface area (Å²) >= 11 is 0. The summed E-state index contributed by atoms with van der Waals surface area (Å²) < 4.78 is 0. The smallest absolute Gasteiger partial charge is 0.326 e. The fourth-order valence-corrected chi connectivity index (χ4v) is 2.48. The number of hydrogen-bond donors (Lipinski definition) is 4. The Morgan fingerprint density at radius 2 is 2.33 bits per heavy atom. The Labute approximate surface area is 122 Å². The van der Waals surface area contributed by atoms with Crippen molar-refractivity contribution in [2.75, 3.05) is 13.1 Å². The Bertz CT molecular complexity index is 516. The summed E-state index contributed by atoms with van der Waals surface area (Å²) in [5.41, 5.74) is 2.11. The van der Waals surface area contributed by atoms with E-state index in [1.165, 1.54) is 4.90 Å². The van der Waals surface area contributed by atoms with E-state index in [2.05, 4.69) is 15.5 Å². The highest BCUT2D eigenvalue weighted by Gasteiger charge is 2.38. The van der Waals surface area contributed by atoms with Crippen LogP contribution in [0.4, 0.5) is 4.79 Å². The molecular weight excluding hydrogens is 276 g/mol. The molecule has 0 aromatic carbocycles. The monoisotopic (exact) mass is 296 g/mol. The number of aliphatic carboxylic acids is 1. The summed E-state index contributed by atoms with van der Waals surface area (Å²) in [4.78, 5) is 24.2. The standard InChI is InChI=1S/C13H20N4O4/c1-8-9(6-15-16-8)3-2-4-14-13(21)17-7-10(18)5-11(17)12(19)20/h6,10-11,18H,2-5,7H2,1H3,(H,14,21)(H,15,16)(H,19,20). The van der Waals surface area contributed by atoms with Crippen molar-refractivity contribution in [2.24, 2.45) is 0 Å². The van der Waals surface area contributed by atoms with Gasteiger partial charge in [-0.3, -0.25) is 5.10 Å². The van der Waals surface area contributed by atoms with Crippen LogP contribution in [0.15, 0.2) is 6.20 Å². The lowest BCUT2D eigenvalue weighted by molar-refractivity contribution is -0.141. The number of hydrogen-bond acceptors (Lipinski definition) is 4. The van der Waals surface area contributed by atoms with E-state index in [4.69, 9.17) is 5.11 Å². The van der Waals surface area contributed by atoms with Crippen LogP contribution in [0.3, 0.4) is 0 Å². The molecule has 0 aliphatic carbocycles. The van der Waals surface area contributed by atoms with Crippen LogP contribution in [0, 0.1) is 6.92 Å². The molecule has 1 aromatic heterocycles. The molecule has 2 atom stereocenters. The van der Waals surface area contributed by atoms with Gasteiger partial charge in [-0.1, -0.05) is 0 Å². The van der Waals surface area contributed by atoms with Gasteiger partial charge in [0.15, 0.2) is 0 Å². The molecule has 1 fully saturated rings. The summed E-state index contributed by atoms with van der Waals surface area (Å²) in [5.74, 6) is -1.09. The second kappa shape index (κ2) is 6.57. The molecule has 8 nitrogen and oxygen atoms in total. The van der Waals surface area contributed by atoms with Crippen LogP contribution in [0.2, 0.25) is 0 Å². The van der Waals surface area contributed by atoms with Gasteiger partial charge in [0.2, 0.25) is 0 Å². The molecule has 8 heteroatoms. The molecule has 0 radical (unpaired) electrons. The number of aromatic nitrogens is 2. The molecule has 1 aliphatic heterocycles. The second-order valence-corrected chi connectivity index (χ2v) is 5.25. The molecule has 0 spiro atoms. The molecule has 21 heavy (non-hydrogen) atoms. The summed E-state index contributed by atoms with van der Waals surface area (Å²) in [6, 6.07) is -1.39.